The first-order valence-corrected chi connectivity index (χ1v) is 6.46. The largest absolute Gasteiger partial charge is 0.394 e. The van der Waals surface area contributed by atoms with Gasteiger partial charge in [0.15, 0.2) is 0 Å². The van der Waals surface area contributed by atoms with Gasteiger partial charge >= 0.3 is 0 Å². The fourth-order valence-corrected chi connectivity index (χ4v) is 2.01. The molecule has 1 fully saturated rings. The van der Waals surface area contributed by atoms with Gasteiger partial charge in [0, 0.05) is 19.6 Å². The van der Waals surface area contributed by atoms with Crippen molar-refractivity contribution >= 4 is 11.6 Å². The molecule has 2 N–H and O–H groups in total. The Bertz CT molecular complexity index is 422. The molecular formula is C13H19N3O3. The summed E-state index contributed by atoms with van der Waals surface area (Å²) >= 11 is 0. The van der Waals surface area contributed by atoms with E-state index in [2.05, 4.69) is 10.3 Å². The molecule has 6 heteroatoms. The number of pyridine rings is 1. The zero-order valence-corrected chi connectivity index (χ0v) is 11.0. The summed E-state index contributed by atoms with van der Waals surface area (Å²) in [5.41, 5.74) is 1.31. The first kappa shape index (κ1) is 13.8. The molecule has 2 heterocycles. The Hall–Kier alpha value is -1.66. The molecule has 104 valence electrons. The molecule has 19 heavy (non-hydrogen) atoms. The van der Waals surface area contributed by atoms with Crippen LogP contribution in [0.15, 0.2) is 18.3 Å². The predicted molar refractivity (Wildman–Crippen MR) is 71.1 cm³/mol. The van der Waals surface area contributed by atoms with Gasteiger partial charge in [-0.05, 0) is 19.1 Å². The Morgan fingerprint density at radius 3 is 3.11 bits per heavy atom. The van der Waals surface area contributed by atoms with Crippen LogP contribution in [0.3, 0.4) is 0 Å². The first-order valence-electron chi connectivity index (χ1n) is 6.46. The smallest absolute Gasteiger partial charge is 0.272 e. The molecule has 2 rings (SSSR count). The van der Waals surface area contributed by atoms with Gasteiger partial charge in [-0.15, -0.1) is 0 Å². The lowest BCUT2D eigenvalue weighted by molar-refractivity contribution is -0.0448. The molecule has 0 saturated carbocycles. The molecule has 1 unspecified atom stereocenters. The summed E-state index contributed by atoms with van der Waals surface area (Å²) in [6.07, 6.45) is 1.36. The average Bonchev–Trinajstić information content (AvgIpc) is 2.48. The Labute approximate surface area is 112 Å². The van der Waals surface area contributed by atoms with Crippen molar-refractivity contribution in [2.45, 2.75) is 13.0 Å². The van der Waals surface area contributed by atoms with Gasteiger partial charge in [-0.2, -0.15) is 0 Å². The van der Waals surface area contributed by atoms with Crippen LogP contribution in [-0.2, 0) is 4.74 Å². The highest BCUT2D eigenvalue weighted by molar-refractivity contribution is 5.92. The Balaban J connectivity index is 2.02. The number of aliphatic hydroxyl groups excluding tert-OH is 1. The molecule has 1 saturated heterocycles. The van der Waals surface area contributed by atoms with Crippen LogP contribution in [0.5, 0.6) is 0 Å². The highest BCUT2D eigenvalue weighted by Crippen LogP contribution is 2.11. The van der Waals surface area contributed by atoms with Crippen LogP contribution in [0.25, 0.3) is 0 Å². The Morgan fingerprint density at radius 1 is 1.63 bits per heavy atom. The number of aliphatic hydroxyl groups is 1. The number of aromatic nitrogens is 1. The number of anilines is 1. The average molecular weight is 265 g/mol. The normalized spacial score (nSPS) is 19.3. The van der Waals surface area contributed by atoms with Gasteiger partial charge < -0.3 is 20.1 Å². The van der Waals surface area contributed by atoms with Gasteiger partial charge in [-0.3, -0.25) is 4.79 Å². The molecule has 0 radical (unpaired) electrons. The number of amides is 1. The van der Waals surface area contributed by atoms with Crippen LogP contribution in [0, 0.1) is 0 Å². The molecule has 6 nitrogen and oxygen atoms in total. The number of carbonyl (C=O) groups is 1. The monoisotopic (exact) mass is 265 g/mol. The van der Waals surface area contributed by atoms with E-state index in [-0.39, 0.29) is 18.6 Å². The van der Waals surface area contributed by atoms with Crippen molar-refractivity contribution in [2.75, 3.05) is 38.2 Å². The molecule has 0 spiro atoms. The molecule has 0 aliphatic carbocycles. The summed E-state index contributed by atoms with van der Waals surface area (Å²) in [6.45, 7) is 4.14. The fourth-order valence-electron chi connectivity index (χ4n) is 2.01. The summed E-state index contributed by atoms with van der Waals surface area (Å²) in [4.78, 5) is 18.1. The van der Waals surface area contributed by atoms with Crippen molar-refractivity contribution in [1.29, 1.82) is 0 Å². The quantitative estimate of drug-likeness (QED) is 0.821. The maximum Gasteiger partial charge on any atom is 0.272 e. The maximum atomic E-state index is 12.2. The van der Waals surface area contributed by atoms with E-state index >= 15 is 0 Å². The van der Waals surface area contributed by atoms with Gasteiger partial charge in [0.1, 0.15) is 5.69 Å². The minimum atomic E-state index is -0.293. The lowest BCUT2D eigenvalue weighted by Crippen LogP contribution is -2.47. The van der Waals surface area contributed by atoms with Crippen LogP contribution in [-0.4, -0.2) is 59.8 Å². The summed E-state index contributed by atoms with van der Waals surface area (Å²) in [5.74, 6) is -0.121. The van der Waals surface area contributed by atoms with E-state index in [4.69, 9.17) is 9.84 Å². The minimum absolute atomic E-state index is 0.0729. The molecule has 1 aliphatic heterocycles. The third-order valence-corrected chi connectivity index (χ3v) is 2.99. The second-order valence-electron chi connectivity index (χ2n) is 4.39. The van der Waals surface area contributed by atoms with Gasteiger partial charge in [0.05, 0.1) is 31.2 Å². The predicted octanol–water partition coefficient (Wildman–Crippen LogP) is 0.347. The number of ether oxygens (including phenoxy) is 1. The van der Waals surface area contributed by atoms with Gasteiger partial charge in [0.25, 0.3) is 5.91 Å². The van der Waals surface area contributed by atoms with Crippen molar-refractivity contribution < 1.29 is 14.6 Å². The lowest BCUT2D eigenvalue weighted by atomic mass is 10.2. The van der Waals surface area contributed by atoms with Crippen LogP contribution in [0.1, 0.15) is 17.4 Å². The van der Waals surface area contributed by atoms with Crippen molar-refractivity contribution in [2.24, 2.45) is 0 Å². The lowest BCUT2D eigenvalue weighted by Gasteiger charge is -2.31. The summed E-state index contributed by atoms with van der Waals surface area (Å²) < 4.78 is 5.32. The number of carbonyl (C=O) groups excluding carboxylic acids is 1. The number of morpholine rings is 1. The van der Waals surface area contributed by atoms with Crippen LogP contribution >= 0.6 is 0 Å². The Morgan fingerprint density at radius 2 is 2.47 bits per heavy atom. The van der Waals surface area contributed by atoms with Gasteiger partial charge in [-0.25, -0.2) is 4.98 Å². The minimum Gasteiger partial charge on any atom is -0.394 e. The Kier molecular flexibility index (Phi) is 4.70. The second kappa shape index (κ2) is 6.49. The van der Waals surface area contributed by atoms with E-state index in [1.807, 2.05) is 13.0 Å². The van der Waals surface area contributed by atoms with Crippen molar-refractivity contribution in [3.63, 3.8) is 0 Å². The van der Waals surface area contributed by atoms with Crippen LogP contribution < -0.4 is 5.32 Å². The highest BCUT2D eigenvalue weighted by atomic mass is 16.5. The summed E-state index contributed by atoms with van der Waals surface area (Å²) in [5, 5.41) is 12.2. The molecule has 0 bridgehead atoms. The molecule has 1 aromatic rings. The van der Waals surface area contributed by atoms with E-state index in [1.165, 1.54) is 0 Å². The van der Waals surface area contributed by atoms with E-state index in [0.29, 0.717) is 25.4 Å². The van der Waals surface area contributed by atoms with E-state index < -0.39 is 0 Å². The van der Waals surface area contributed by atoms with Crippen molar-refractivity contribution in [3.8, 4) is 0 Å². The number of nitrogens with zero attached hydrogens (tertiary/aromatic N) is 2. The number of nitrogens with one attached hydrogen (secondary N) is 1. The molecule has 1 atom stereocenters. The highest BCUT2D eigenvalue weighted by Gasteiger charge is 2.25. The molecule has 1 aromatic heterocycles. The maximum absolute atomic E-state index is 12.2. The van der Waals surface area contributed by atoms with Crippen molar-refractivity contribution in [3.05, 3.63) is 24.0 Å². The third kappa shape index (κ3) is 3.42. The van der Waals surface area contributed by atoms with Crippen LogP contribution in [0.2, 0.25) is 0 Å². The molecule has 1 amide bonds. The van der Waals surface area contributed by atoms with E-state index in [0.717, 1.165) is 12.2 Å². The standard InChI is InChI=1S/C13H19N3O3/c1-2-14-10-3-4-12(15-7-10)13(18)16-5-6-19-11(8-16)9-17/h3-4,7,11,14,17H,2,5-6,8-9H2,1H3. The third-order valence-electron chi connectivity index (χ3n) is 2.99. The molecular weight excluding hydrogens is 246 g/mol. The zero-order valence-electron chi connectivity index (χ0n) is 11.0. The van der Waals surface area contributed by atoms with Gasteiger partial charge in [-0.1, -0.05) is 0 Å². The number of hydrogen-bond donors (Lipinski definition) is 2. The zero-order chi connectivity index (χ0) is 13.7. The van der Waals surface area contributed by atoms with Gasteiger partial charge in [0.2, 0.25) is 0 Å². The SMILES string of the molecule is CCNc1ccc(C(=O)N2CCOC(CO)C2)nc1. The summed E-state index contributed by atoms with van der Waals surface area (Å²) in [6, 6.07) is 3.55. The number of hydrogen-bond acceptors (Lipinski definition) is 5. The molecule has 1 aliphatic rings. The summed E-state index contributed by atoms with van der Waals surface area (Å²) in [7, 11) is 0. The second-order valence-corrected chi connectivity index (χ2v) is 4.39. The van der Waals surface area contributed by atoms with Crippen LogP contribution in [0.4, 0.5) is 5.69 Å². The van der Waals surface area contributed by atoms with Crippen molar-refractivity contribution in [1.82, 2.24) is 9.88 Å². The fraction of sp³-hybridized carbons (Fsp3) is 0.538. The van der Waals surface area contributed by atoms with E-state index in [1.54, 1.807) is 17.2 Å². The first-order chi connectivity index (χ1) is 9.24. The topological polar surface area (TPSA) is 74.7 Å². The van der Waals surface area contributed by atoms with E-state index in [9.17, 15) is 4.79 Å². The molecule has 0 aromatic carbocycles. The number of rotatable bonds is 4.